The highest BCUT2D eigenvalue weighted by molar-refractivity contribution is 7.71. The second-order valence-electron chi connectivity index (χ2n) is 7.76. The van der Waals surface area contributed by atoms with Crippen LogP contribution in [0.15, 0.2) is 99.4 Å². The maximum Gasteiger partial charge on any atom is 0.262 e. The van der Waals surface area contributed by atoms with Crippen molar-refractivity contribution < 1.29 is 14.6 Å². The highest BCUT2D eigenvalue weighted by atomic mass is 32.1. The van der Waals surface area contributed by atoms with Crippen molar-refractivity contribution in [2.24, 2.45) is 10.2 Å². The maximum atomic E-state index is 12.8. The summed E-state index contributed by atoms with van der Waals surface area (Å²) in [5.41, 5.74) is 1.97. The molecule has 0 fully saturated rings. The normalized spacial score (nSPS) is 13.6. The van der Waals surface area contributed by atoms with Gasteiger partial charge in [0.25, 0.3) is 5.56 Å². The van der Waals surface area contributed by atoms with Gasteiger partial charge >= 0.3 is 0 Å². The summed E-state index contributed by atoms with van der Waals surface area (Å²) in [5.74, 6) is 1.72. The van der Waals surface area contributed by atoms with E-state index in [9.17, 15) is 9.90 Å². The number of ether oxygens (including phenoxy) is 2. The molecule has 5 rings (SSSR count). The number of methoxy groups -OCH3 is 1. The van der Waals surface area contributed by atoms with Crippen LogP contribution in [0.2, 0.25) is 0 Å². The van der Waals surface area contributed by atoms with E-state index in [1.54, 1.807) is 31.4 Å². The molecule has 0 amide bonds. The van der Waals surface area contributed by atoms with Crippen LogP contribution in [0.5, 0.6) is 23.1 Å². The third-order valence-corrected chi connectivity index (χ3v) is 5.77. The average Bonchev–Trinajstić information content (AvgIpc) is 3.36. The Morgan fingerprint density at radius 3 is 2.31 bits per heavy atom. The minimum Gasteiger partial charge on any atom is -0.497 e. The number of nitrogens with zero attached hydrogens (tertiary/aromatic N) is 3. The van der Waals surface area contributed by atoms with Crippen LogP contribution in [0.1, 0.15) is 11.1 Å². The third kappa shape index (κ3) is 4.59. The molecule has 36 heavy (non-hydrogen) atoms. The molecule has 0 aliphatic carbocycles. The first kappa shape index (κ1) is 23.0. The molecule has 0 radical (unpaired) electrons. The Bertz CT molecular complexity index is 1620. The standard InChI is InChI=1S/C27H20N4O4S/c1-34-20-11-7-17(8-12-20)24-18(16-28-30-24)15-23-25(32)29-27(36)31(26(23)33)19-9-13-22(14-10-19)35-21-5-3-2-4-6-21/h2-16,33H,1H3,(H,29,32,36). The lowest BCUT2D eigenvalue weighted by atomic mass is 10.0. The number of aromatic nitrogens is 2. The van der Waals surface area contributed by atoms with Crippen molar-refractivity contribution >= 4 is 30.2 Å². The Hall–Kier alpha value is -4.76. The molecule has 9 heteroatoms. The molecular formula is C27H20N4O4S. The number of aromatic hydroxyl groups is 1. The number of allylic oxidation sites excluding steroid dienone is 1. The fraction of sp³-hybridized carbons (Fsp3) is 0.0370. The molecule has 0 saturated heterocycles. The fourth-order valence-electron chi connectivity index (χ4n) is 3.70. The van der Waals surface area contributed by atoms with Gasteiger partial charge in [-0.25, -0.2) is 0 Å². The lowest BCUT2D eigenvalue weighted by Gasteiger charge is -2.13. The number of hydrogen-bond acceptors (Lipinski definition) is 7. The van der Waals surface area contributed by atoms with Crippen molar-refractivity contribution in [3.63, 3.8) is 0 Å². The zero-order valence-electron chi connectivity index (χ0n) is 19.1. The molecule has 4 aromatic rings. The summed E-state index contributed by atoms with van der Waals surface area (Å²) in [6.45, 7) is 0. The zero-order valence-corrected chi connectivity index (χ0v) is 19.9. The van der Waals surface area contributed by atoms with Crippen molar-refractivity contribution in [1.82, 2.24) is 9.55 Å². The van der Waals surface area contributed by atoms with Crippen LogP contribution in [-0.2, 0) is 0 Å². The van der Waals surface area contributed by atoms with Gasteiger partial charge in [-0.2, -0.15) is 5.10 Å². The Labute approximate surface area is 211 Å². The van der Waals surface area contributed by atoms with E-state index in [-0.39, 0.29) is 16.2 Å². The molecule has 0 saturated carbocycles. The van der Waals surface area contributed by atoms with Gasteiger partial charge in [0.05, 0.1) is 19.0 Å². The molecule has 178 valence electrons. The second kappa shape index (κ2) is 9.85. The number of hydrogen-bond donors (Lipinski definition) is 2. The molecular weight excluding hydrogens is 476 g/mol. The SMILES string of the molecule is COc1ccc(C2=NN=CC2=Cc2c(O)n(-c3ccc(Oc4ccccc4)cc3)c(=S)[nH]c2=O)cc1. The molecule has 1 aliphatic heterocycles. The Balaban J connectivity index is 1.49. The quantitative estimate of drug-likeness (QED) is 0.354. The van der Waals surface area contributed by atoms with Gasteiger partial charge in [-0.1, -0.05) is 18.2 Å². The highest BCUT2D eigenvalue weighted by Crippen LogP contribution is 2.27. The van der Waals surface area contributed by atoms with Crippen molar-refractivity contribution in [1.29, 1.82) is 0 Å². The number of H-pyrrole nitrogens is 1. The van der Waals surface area contributed by atoms with Crippen LogP contribution >= 0.6 is 12.2 Å². The highest BCUT2D eigenvalue weighted by Gasteiger charge is 2.18. The average molecular weight is 497 g/mol. The largest absolute Gasteiger partial charge is 0.497 e. The third-order valence-electron chi connectivity index (χ3n) is 5.49. The predicted octanol–water partition coefficient (Wildman–Crippen LogP) is 5.27. The van der Waals surface area contributed by atoms with E-state index in [0.717, 1.165) is 5.56 Å². The first-order valence-electron chi connectivity index (χ1n) is 10.9. The van der Waals surface area contributed by atoms with E-state index in [1.807, 2.05) is 54.6 Å². The van der Waals surface area contributed by atoms with Crippen molar-refractivity contribution in [2.75, 3.05) is 7.11 Å². The summed E-state index contributed by atoms with van der Waals surface area (Å²) in [5, 5.41) is 19.3. The van der Waals surface area contributed by atoms with E-state index < -0.39 is 5.56 Å². The number of para-hydroxylation sites is 1. The molecule has 0 spiro atoms. The van der Waals surface area contributed by atoms with E-state index in [1.165, 1.54) is 16.9 Å². The van der Waals surface area contributed by atoms with Crippen molar-refractivity contribution in [3.05, 3.63) is 111 Å². The van der Waals surface area contributed by atoms with Crippen LogP contribution in [0.3, 0.4) is 0 Å². The minimum atomic E-state index is -0.528. The van der Waals surface area contributed by atoms with Gasteiger partial charge in [-0.15, -0.1) is 5.10 Å². The number of nitrogens with one attached hydrogen (secondary N) is 1. The molecule has 2 N–H and O–H groups in total. The van der Waals surface area contributed by atoms with Crippen LogP contribution in [-0.4, -0.2) is 33.7 Å². The second-order valence-corrected chi connectivity index (χ2v) is 8.15. The molecule has 2 heterocycles. The fourth-order valence-corrected chi connectivity index (χ4v) is 3.98. The molecule has 0 unspecified atom stereocenters. The molecule has 1 aliphatic rings. The minimum absolute atomic E-state index is 0.0257. The smallest absolute Gasteiger partial charge is 0.262 e. The molecule has 0 atom stereocenters. The van der Waals surface area contributed by atoms with Crippen LogP contribution in [0, 0.1) is 4.77 Å². The van der Waals surface area contributed by atoms with Gasteiger partial charge in [0, 0.05) is 11.1 Å². The number of rotatable bonds is 6. The van der Waals surface area contributed by atoms with E-state index in [4.69, 9.17) is 21.7 Å². The summed E-state index contributed by atoms with van der Waals surface area (Å²) < 4.78 is 12.5. The van der Waals surface area contributed by atoms with Crippen LogP contribution in [0.25, 0.3) is 11.8 Å². The summed E-state index contributed by atoms with van der Waals surface area (Å²) in [6.07, 6.45) is 3.06. The van der Waals surface area contributed by atoms with Gasteiger partial charge in [-0.3, -0.25) is 14.3 Å². The van der Waals surface area contributed by atoms with Gasteiger partial charge in [-0.05, 0) is 79.0 Å². The lowest BCUT2D eigenvalue weighted by Crippen LogP contribution is -2.16. The van der Waals surface area contributed by atoms with Gasteiger partial charge < -0.3 is 14.6 Å². The molecule has 0 bridgehead atoms. The summed E-state index contributed by atoms with van der Waals surface area (Å²) in [4.78, 5) is 15.4. The number of aromatic amines is 1. The molecule has 8 nitrogen and oxygen atoms in total. The van der Waals surface area contributed by atoms with Crippen LogP contribution < -0.4 is 15.0 Å². The Kier molecular flexibility index (Phi) is 6.29. The van der Waals surface area contributed by atoms with Crippen molar-refractivity contribution in [2.45, 2.75) is 0 Å². The predicted molar refractivity (Wildman–Crippen MR) is 141 cm³/mol. The Morgan fingerprint density at radius 1 is 0.944 bits per heavy atom. The van der Waals surface area contributed by atoms with E-state index in [2.05, 4.69) is 15.2 Å². The monoisotopic (exact) mass is 496 g/mol. The maximum absolute atomic E-state index is 12.8. The summed E-state index contributed by atoms with van der Waals surface area (Å²) in [7, 11) is 1.59. The van der Waals surface area contributed by atoms with Gasteiger partial charge in [0.2, 0.25) is 5.88 Å². The van der Waals surface area contributed by atoms with E-state index in [0.29, 0.717) is 34.2 Å². The summed E-state index contributed by atoms with van der Waals surface area (Å²) in [6, 6.07) is 23.7. The molecule has 3 aromatic carbocycles. The lowest BCUT2D eigenvalue weighted by molar-refractivity contribution is 0.415. The summed E-state index contributed by atoms with van der Waals surface area (Å²) >= 11 is 5.35. The Morgan fingerprint density at radius 2 is 1.61 bits per heavy atom. The zero-order chi connectivity index (χ0) is 25.1. The van der Waals surface area contributed by atoms with E-state index >= 15 is 0 Å². The number of benzene rings is 3. The topological polar surface area (TPSA) is 101 Å². The first-order chi connectivity index (χ1) is 17.5. The van der Waals surface area contributed by atoms with Crippen LogP contribution in [0.4, 0.5) is 0 Å². The molecule has 1 aromatic heterocycles. The van der Waals surface area contributed by atoms with Gasteiger partial charge in [0.15, 0.2) is 4.77 Å². The first-order valence-corrected chi connectivity index (χ1v) is 11.3. The van der Waals surface area contributed by atoms with Crippen molar-refractivity contribution in [3.8, 4) is 28.8 Å². The van der Waals surface area contributed by atoms with Gasteiger partial charge in [0.1, 0.15) is 28.5 Å².